The number of hydrogen-bond donors (Lipinski definition) is 3. The van der Waals surface area contributed by atoms with Gasteiger partial charge in [-0.25, -0.2) is 4.98 Å². The van der Waals surface area contributed by atoms with Crippen molar-refractivity contribution in [2.24, 2.45) is 0 Å². The molecular weight excluding hydrogens is 612 g/mol. The smallest absolute Gasteiger partial charge is 0.272 e. The molecule has 9 nitrogen and oxygen atoms in total. The Morgan fingerprint density at radius 2 is 1.51 bits per heavy atom. The number of nitrogens with one attached hydrogen (secondary N) is 3. The van der Waals surface area contributed by atoms with Gasteiger partial charge in [0.05, 0.1) is 14.2 Å². The van der Waals surface area contributed by atoms with Crippen LogP contribution in [0.25, 0.3) is 6.08 Å². The number of carbonyl (C=O) groups is 3. The minimum absolute atomic E-state index is 0.0136. The Hall–Kier alpha value is -5.87. The second kappa shape index (κ2) is 15.9. The third-order valence-corrected chi connectivity index (χ3v) is 8.12. The maximum absolute atomic E-state index is 13.8. The second-order valence-electron chi connectivity index (χ2n) is 10.1. The number of ether oxygens (including phenoxy) is 2. The lowest BCUT2D eigenvalue weighted by Gasteiger charge is -2.17. The summed E-state index contributed by atoms with van der Waals surface area (Å²) in [5.41, 5.74) is 2.17. The molecule has 0 fully saturated rings. The maximum atomic E-state index is 13.8. The average molecular weight is 645 g/mol. The Kier molecular flexibility index (Phi) is 11.0. The molecule has 0 radical (unpaired) electrons. The molecule has 0 aliphatic heterocycles. The van der Waals surface area contributed by atoms with Crippen molar-refractivity contribution in [3.8, 4) is 11.5 Å². The first-order valence-electron chi connectivity index (χ1n) is 14.6. The van der Waals surface area contributed by atoms with E-state index in [2.05, 4.69) is 20.9 Å². The quantitative estimate of drug-likeness (QED) is 0.0991. The normalized spacial score (nSPS) is 11.6. The van der Waals surface area contributed by atoms with Gasteiger partial charge in [0.25, 0.3) is 11.8 Å². The van der Waals surface area contributed by atoms with Crippen LogP contribution in [0.15, 0.2) is 138 Å². The van der Waals surface area contributed by atoms with Gasteiger partial charge in [-0.3, -0.25) is 14.4 Å². The molecule has 0 saturated heterocycles. The van der Waals surface area contributed by atoms with Gasteiger partial charge in [-0.1, -0.05) is 60.7 Å². The van der Waals surface area contributed by atoms with Gasteiger partial charge in [-0.2, -0.15) is 0 Å². The van der Waals surface area contributed by atoms with Gasteiger partial charge < -0.3 is 25.4 Å². The molecule has 5 rings (SSSR count). The summed E-state index contributed by atoms with van der Waals surface area (Å²) in [6.45, 7) is 0. The summed E-state index contributed by atoms with van der Waals surface area (Å²) in [5.74, 6) is 0.229. The maximum Gasteiger partial charge on any atom is 0.272 e. The number of amides is 3. The fourth-order valence-corrected chi connectivity index (χ4v) is 5.64. The fraction of sp³-hybridized carbons (Fsp3) is 0.0811. The van der Waals surface area contributed by atoms with E-state index in [4.69, 9.17) is 9.47 Å². The van der Waals surface area contributed by atoms with E-state index in [1.807, 2.05) is 36.4 Å². The molecule has 1 heterocycles. The highest BCUT2D eigenvalue weighted by Crippen LogP contribution is 2.37. The Morgan fingerprint density at radius 1 is 0.766 bits per heavy atom. The molecule has 0 bridgehead atoms. The molecule has 0 aliphatic rings. The number of aromatic nitrogens is 1. The van der Waals surface area contributed by atoms with E-state index in [-0.39, 0.29) is 11.6 Å². The van der Waals surface area contributed by atoms with Crippen molar-refractivity contribution in [1.29, 1.82) is 0 Å². The number of benzene rings is 4. The van der Waals surface area contributed by atoms with Crippen LogP contribution in [0.1, 0.15) is 26.7 Å². The largest absolute Gasteiger partial charge is 0.497 e. The van der Waals surface area contributed by atoms with Gasteiger partial charge in [0, 0.05) is 27.9 Å². The molecule has 4 aromatic carbocycles. The van der Waals surface area contributed by atoms with Crippen LogP contribution < -0.4 is 25.4 Å². The van der Waals surface area contributed by atoms with Crippen molar-refractivity contribution in [3.63, 3.8) is 0 Å². The van der Waals surface area contributed by atoms with Crippen molar-refractivity contribution in [2.45, 2.75) is 10.1 Å². The Labute approximate surface area is 277 Å². The number of nitrogens with zero attached hydrogens (tertiary/aromatic N) is 1. The van der Waals surface area contributed by atoms with E-state index in [9.17, 15) is 14.4 Å². The number of anilines is 2. The number of hydrogen-bond acceptors (Lipinski definition) is 7. The van der Waals surface area contributed by atoms with Gasteiger partial charge >= 0.3 is 0 Å². The molecule has 236 valence electrons. The number of thioether (sulfide) groups is 1. The Morgan fingerprint density at radius 3 is 2.21 bits per heavy atom. The monoisotopic (exact) mass is 644 g/mol. The van der Waals surface area contributed by atoms with Crippen molar-refractivity contribution >= 4 is 47.1 Å². The van der Waals surface area contributed by atoms with Crippen LogP contribution in [-0.2, 0) is 9.59 Å². The van der Waals surface area contributed by atoms with Gasteiger partial charge in [-0.05, 0) is 72.3 Å². The van der Waals surface area contributed by atoms with E-state index in [0.717, 1.165) is 10.5 Å². The molecule has 1 unspecified atom stereocenters. The Bertz CT molecular complexity index is 1870. The summed E-state index contributed by atoms with van der Waals surface area (Å²) in [7, 11) is 3.06. The molecule has 1 atom stereocenters. The number of methoxy groups -OCH3 is 2. The van der Waals surface area contributed by atoms with Gasteiger partial charge in [-0.15, -0.1) is 11.8 Å². The highest BCUT2D eigenvalue weighted by Gasteiger charge is 2.23. The van der Waals surface area contributed by atoms with E-state index >= 15 is 0 Å². The van der Waals surface area contributed by atoms with Gasteiger partial charge in [0.2, 0.25) is 5.91 Å². The number of rotatable bonds is 12. The zero-order valence-electron chi connectivity index (χ0n) is 25.7. The van der Waals surface area contributed by atoms with Crippen LogP contribution in [0, 0.1) is 0 Å². The standard InChI is InChI=1S/C37H32N4O5S/c1-45-29-19-20-32(46-2)27(22-29)23-31(40-35(42)26-14-7-4-8-15-26)36(43)39-28-16-11-17-30(24-28)47-34(25-12-5-3-6-13-25)37(44)41-33-18-9-10-21-38-33/h3-24,34H,1-2H3,(H,39,43)(H,40,42)(H,38,41,44)/b31-23+. The molecule has 5 aromatic rings. The third kappa shape index (κ3) is 8.86. The van der Waals surface area contributed by atoms with Gasteiger partial charge in [0.1, 0.15) is 28.3 Å². The third-order valence-electron chi connectivity index (χ3n) is 6.87. The predicted octanol–water partition coefficient (Wildman–Crippen LogP) is 6.98. The lowest BCUT2D eigenvalue weighted by molar-refractivity contribution is -0.116. The van der Waals surface area contributed by atoms with E-state index in [0.29, 0.717) is 34.1 Å². The van der Waals surface area contributed by atoms with E-state index in [1.165, 1.54) is 32.1 Å². The fourth-order valence-electron chi connectivity index (χ4n) is 4.56. The SMILES string of the molecule is COc1ccc(OC)c(/C=C(/NC(=O)c2ccccc2)C(=O)Nc2cccc(SC(C(=O)Nc3ccccn3)c3ccccc3)c2)c1. The first-order valence-corrected chi connectivity index (χ1v) is 15.5. The molecule has 47 heavy (non-hydrogen) atoms. The highest BCUT2D eigenvalue weighted by atomic mass is 32.2. The Balaban J connectivity index is 1.41. The van der Waals surface area contributed by atoms with Crippen LogP contribution in [0.4, 0.5) is 11.5 Å². The topological polar surface area (TPSA) is 119 Å². The molecule has 1 aromatic heterocycles. The average Bonchev–Trinajstić information content (AvgIpc) is 3.11. The van der Waals surface area contributed by atoms with Crippen molar-refractivity contribution in [3.05, 3.63) is 150 Å². The minimum Gasteiger partial charge on any atom is -0.497 e. The molecule has 3 N–H and O–H groups in total. The summed E-state index contributed by atoms with van der Waals surface area (Å²) < 4.78 is 10.9. The van der Waals surface area contributed by atoms with Crippen LogP contribution in [0.2, 0.25) is 0 Å². The minimum atomic E-state index is -0.606. The van der Waals surface area contributed by atoms with Gasteiger partial charge in [0.15, 0.2) is 0 Å². The lowest BCUT2D eigenvalue weighted by Crippen LogP contribution is -2.30. The zero-order chi connectivity index (χ0) is 33.0. The zero-order valence-corrected chi connectivity index (χ0v) is 26.5. The molecule has 3 amide bonds. The first-order chi connectivity index (χ1) is 22.9. The van der Waals surface area contributed by atoms with Crippen LogP contribution >= 0.6 is 11.8 Å². The second-order valence-corrected chi connectivity index (χ2v) is 11.3. The van der Waals surface area contributed by atoms with Crippen LogP contribution in [0.3, 0.4) is 0 Å². The molecule has 10 heteroatoms. The molecular formula is C37H32N4O5S. The lowest BCUT2D eigenvalue weighted by atomic mass is 10.1. The summed E-state index contributed by atoms with van der Waals surface area (Å²) in [6.07, 6.45) is 3.14. The van der Waals surface area contributed by atoms with Crippen molar-refractivity contribution < 1.29 is 23.9 Å². The number of pyridine rings is 1. The summed E-state index contributed by atoms with van der Waals surface area (Å²) >= 11 is 1.33. The predicted molar refractivity (Wildman–Crippen MR) is 184 cm³/mol. The summed E-state index contributed by atoms with van der Waals surface area (Å²) in [6, 6.07) is 35.6. The van der Waals surface area contributed by atoms with E-state index < -0.39 is 17.1 Å². The van der Waals surface area contributed by atoms with Crippen LogP contribution in [0.5, 0.6) is 11.5 Å². The molecule has 0 spiro atoms. The molecule has 0 aliphatic carbocycles. The summed E-state index contributed by atoms with van der Waals surface area (Å²) in [5, 5.41) is 7.92. The van der Waals surface area contributed by atoms with Crippen molar-refractivity contribution in [2.75, 3.05) is 24.9 Å². The van der Waals surface area contributed by atoms with E-state index in [1.54, 1.807) is 91.1 Å². The first kappa shape index (κ1) is 32.5. The molecule has 0 saturated carbocycles. The van der Waals surface area contributed by atoms with Crippen LogP contribution in [-0.4, -0.2) is 36.9 Å². The highest BCUT2D eigenvalue weighted by molar-refractivity contribution is 8.00. The number of carbonyl (C=O) groups excluding carboxylic acids is 3. The van der Waals surface area contributed by atoms with Crippen molar-refractivity contribution in [1.82, 2.24) is 10.3 Å². The summed E-state index contributed by atoms with van der Waals surface area (Å²) in [4.78, 5) is 45.3.